The molecule has 2 saturated heterocycles. The fourth-order valence-electron chi connectivity index (χ4n) is 8.35. The number of nitrogens with zero attached hydrogens (tertiary/aromatic N) is 3. The fourth-order valence-corrected chi connectivity index (χ4v) is 8.35. The number of piperazine rings is 1. The number of carbonyl (C=O) groups is 3. The zero-order chi connectivity index (χ0) is 24.2. The maximum absolute atomic E-state index is 13.9. The molecule has 1 atom stereocenters. The Morgan fingerprint density at radius 1 is 0.829 bits per heavy atom. The van der Waals surface area contributed by atoms with Gasteiger partial charge >= 0.3 is 0 Å². The first-order valence-corrected chi connectivity index (χ1v) is 13.9. The summed E-state index contributed by atoms with van der Waals surface area (Å²) in [4.78, 5) is 46.2. The monoisotopic (exact) mass is 477 g/mol. The second-order valence-electron chi connectivity index (χ2n) is 12.0. The molecule has 188 valence electrons. The smallest absolute Gasteiger partial charge is 0.253 e. The molecule has 35 heavy (non-hydrogen) atoms. The van der Waals surface area contributed by atoms with Gasteiger partial charge in [-0.25, -0.2) is 0 Å². The van der Waals surface area contributed by atoms with Crippen molar-refractivity contribution in [1.82, 2.24) is 14.7 Å². The number of rotatable bonds is 4. The SMILES string of the molecule is CCc1ccc(C(=O)N2CCN(C(=O)C3CCCN3C(=O)C34CC5CC(CC(C5)C3)C4)CC2)cc1. The van der Waals surface area contributed by atoms with Crippen LogP contribution < -0.4 is 0 Å². The van der Waals surface area contributed by atoms with Gasteiger partial charge in [0.15, 0.2) is 0 Å². The van der Waals surface area contributed by atoms with Crippen LogP contribution in [0.15, 0.2) is 24.3 Å². The lowest BCUT2D eigenvalue weighted by molar-refractivity contribution is -0.162. The van der Waals surface area contributed by atoms with E-state index in [0.717, 1.165) is 62.8 Å². The van der Waals surface area contributed by atoms with Crippen LogP contribution in [-0.2, 0) is 16.0 Å². The van der Waals surface area contributed by atoms with E-state index in [9.17, 15) is 14.4 Å². The van der Waals surface area contributed by atoms with E-state index in [1.807, 2.05) is 39.0 Å². The second-order valence-corrected chi connectivity index (χ2v) is 12.0. The van der Waals surface area contributed by atoms with E-state index in [0.29, 0.717) is 31.7 Å². The van der Waals surface area contributed by atoms with E-state index in [2.05, 4.69) is 6.92 Å². The minimum atomic E-state index is -0.306. The average Bonchev–Trinajstić information content (AvgIpc) is 3.36. The maximum Gasteiger partial charge on any atom is 0.253 e. The van der Waals surface area contributed by atoms with Gasteiger partial charge in [0.25, 0.3) is 5.91 Å². The van der Waals surface area contributed by atoms with E-state index in [1.165, 1.54) is 24.8 Å². The highest BCUT2D eigenvalue weighted by Crippen LogP contribution is 2.60. The second kappa shape index (κ2) is 8.94. The van der Waals surface area contributed by atoms with Crippen molar-refractivity contribution in [1.29, 1.82) is 0 Å². The summed E-state index contributed by atoms with van der Waals surface area (Å²) in [7, 11) is 0. The Kier molecular flexibility index (Phi) is 5.89. The zero-order valence-electron chi connectivity index (χ0n) is 21.1. The minimum absolute atomic E-state index is 0.0410. The summed E-state index contributed by atoms with van der Waals surface area (Å²) in [5, 5.41) is 0. The van der Waals surface area contributed by atoms with Gasteiger partial charge in [0.05, 0.1) is 5.41 Å². The number of carbonyl (C=O) groups excluding carboxylic acids is 3. The van der Waals surface area contributed by atoms with Crippen LogP contribution in [0.4, 0.5) is 0 Å². The third-order valence-corrected chi connectivity index (χ3v) is 9.78. The molecule has 2 aliphatic heterocycles. The van der Waals surface area contributed by atoms with E-state index in [4.69, 9.17) is 0 Å². The Morgan fingerprint density at radius 3 is 1.97 bits per heavy atom. The summed E-state index contributed by atoms with van der Waals surface area (Å²) >= 11 is 0. The van der Waals surface area contributed by atoms with Crippen molar-refractivity contribution in [3.8, 4) is 0 Å². The van der Waals surface area contributed by atoms with Gasteiger partial charge in [0.1, 0.15) is 6.04 Å². The molecular formula is C29H39N3O3. The molecule has 2 heterocycles. The Bertz CT molecular complexity index is 960. The highest BCUT2D eigenvalue weighted by molar-refractivity contribution is 5.95. The average molecular weight is 478 g/mol. The first-order valence-electron chi connectivity index (χ1n) is 13.9. The third-order valence-electron chi connectivity index (χ3n) is 9.78. The van der Waals surface area contributed by atoms with E-state index >= 15 is 0 Å². The zero-order valence-corrected chi connectivity index (χ0v) is 21.1. The van der Waals surface area contributed by atoms with Gasteiger partial charge < -0.3 is 14.7 Å². The fraction of sp³-hybridized carbons (Fsp3) is 0.690. The highest BCUT2D eigenvalue weighted by atomic mass is 16.2. The molecule has 0 radical (unpaired) electrons. The van der Waals surface area contributed by atoms with Crippen LogP contribution >= 0.6 is 0 Å². The molecule has 0 spiro atoms. The largest absolute Gasteiger partial charge is 0.337 e. The Morgan fingerprint density at radius 2 is 1.40 bits per heavy atom. The van der Waals surface area contributed by atoms with Crippen molar-refractivity contribution in [2.24, 2.45) is 23.2 Å². The van der Waals surface area contributed by atoms with Gasteiger partial charge in [-0.2, -0.15) is 0 Å². The molecule has 6 fully saturated rings. The van der Waals surface area contributed by atoms with Gasteiger partial charge in [-0.3, -0.25) is 14.4 Å². The summed E-state index contributed by atoms with van der Waals surface area (Å²) in [6, 6.07) is 7.54. The van der Waals surface area contributed by atoms with Crippen LogP contribution in [0.5, 0.6) is 0 Å². The lowest BCUT2D eigenvalue weighted by Crippen LogP contribution is -2.59. The number of hydrogen-bond acceptors (Lipinski definition) is 3. The van der Waals surface area contributed by atoms with Crippen molar-refractivity contribution in [3.63, 3.8) is 0 Å². The third kappa shape index (κ3) is 4.07. The Balaban J connectivity index is 1.09. The van der Waals surface area contributed by atoms with Crippen LogP contribution in [0, 0.1) is 23.2 Å². The van der Waals surface area contributed by atoms with Crippen molar-refractivity contribution < 1.29 is 14.4 Å². The molecule has 3 amide bonds. The molecule has 7 rings (SSSR count). The van der Waals surface area contributed by atoms with Gasteiger partial charge in [-0.15, -0.1) is 0 Å². The first-order chi connectivity index (χ1) is 17.0. The van der Waals surface area contributed by atoms with E-state index < -0.39 is 0 Å². The maximum atomic E-state index is 13.9. The predicted octanol–water partition coefficient (Wildman–Crippen LogP) is 3.74. The van der Waals surface area contributed by atoms with Crippen molar-refractivity contribution >= 4 is 17.7 Å². The Labute approximate surface area is 209 Å². The van der Waals surface area contributed by atoms with Crippen LogP contribution in [0.25, 0.3) is 0 Å². The van der Waals surface area contributed by atoms with Gasteiger partial charge in [0, 0.05) is 38.3 Å². The van der Waals surface area contributed by atoms with Crippen LogP contribution in [0.2, 0.25) is 0 Å². The topological polar surface area (TPSA) is 60.9 Å². The lowest BCUT2D eigenvalue weighted by Gasteiger charge is -2.56. The molecule has 6 nitrogen and oxygen atoms in total. The Hall–Kier alpha value is -2.37. The highest BCUT2D eigenvalue weighted by Gasteiger charge is 2.57. The molecule has 6 aliphatic rings. The summed E-state index contributed by atoms with van der Waals surface area (Å²) < 4.78 is 0. The van der Waals surface area contributed by atoms with Gasteiger partial charge in [0.2, 0.25) is 11.8 Å². The molecule has 4 saturated carbocycles. The van der Waals surface area contributed by atoms with E-state index in [1.54, 1.807) is 0 Å². The molecule has 4 bridgehead atoms. The van der Waals surface area contributed by atoms with Gasteiger partial charge in [-0.1, -0.05) is 19.1 Å². The molecule has 0 N–H and O–H groups in total. The van der Waals surface area contributed by atoms with Crippen LogP contribution in [0.1, 0.15) is 74.2 Å². The standard InChI is InChI=1S/C29H39N3O3/c1-2-20-5-7-24(8-6-20)26(33)30-10-12-31(13-11-30)27(34)25-4-3-9-32(25)28(35)29-17-21-14-22(18-29)16-23(15-21)19-29/h5-8,21-23,25H,2-4,9-19H2,1H3. The van der Waals surface area contributed by atoms with E-state index in [-0.39, 0.29) is 29.2 Å². The summed E-state index contributed by atoms with van der Waals surface area (Å²) in [6.45, 7) is 5.03. The summed E-state index contributed by atoms with van der Waals surface area (Å²) in [5.41, 5.74) is 1.75. The lowest BCUT2D eigenvalue weighted by atomic mass is 9.49. The number of likely N-dealkylation sites (tertiary alicyclic amines) is 1. The van der Waals surface area contributed by atoms with Crippen molar-refractivity contribution in [2.75, 3.05) is 32.7 Å². The molecule has 1 aromatic carbocycles. The number of amides is 3. The number of benzene rings is 1. The quantitative estimate of drug-likeness (QED) is 0.664. The predicted molar refractivity (Wildman–Crippen MR) is 134 cm³/mol. The summed E-state index contributed by atoms with van der Waals surface area (Å²) in [5.74, 6) is 2.61. The molecule has 4 aliphatic carbocycles. The molecule has 0 aromatic heterocycles. The summed E-state index contributed by atoms with van der Waals surface area (Å²) in [6.07, 6.45) is 9.76. The molecular weight excluding hydrogens is 438 g/mol. The normalized spacial score (nSPS) is 33.9. The van der Waals surface area contributed by atoms with Crippen molar-refractivity contribution in [2.45, 2.75) is 70.8 Å². The number of aryl methyl sites for hydroxylation is 1. The molecule has 1 aromatic rings. The van der Waals surface area contributed by atoms with Crippen LogP contribution in [-0.4, -0.2) is 71.2 Å². The van der Waals surface area contributed by atoms with Gasteiger partial charge in [-0.05, 0) is 93.2 Å². The number of hydrogen-bond donors (Lipinski definition) is 0. The van der Waals surface area contributed by atoms with Crippen molar-refractivity contribution in [3.05, 3.63) is 35.4 Å². The molecule has 1 unspecified atom stereocenters. The first kappa shape index (κ1) is 23.1. The minimum Gasteiger partial charge on any atom is -0.337 e. The van der Waals surface area contributed by atoms with Crippen LogP contribution in [0.3, 0.4) is 0 Å². The molecule has 6 heteroatoms.